The van der Waals surface area contributed by atoms with Gasteiger partial charge in [-0.05, 0) is 17.7 Å². The number of rotatable bonds is 3. The minimum atomic E-state index is -1.01. The second-order valence-electron chi connectivity index (χ2n) is 2.63. The molecule has 0 aliphatic carbocycles. The molecule has 1 rings (SSSR count). The maximum absolute atomic E-state index is 10.4. The molecule has 3 N–H and O–H groups in total. The molecule has 0 saturated carbocycles. The van der Waals surface area contributed by atoms with E-state index in [4.69, 9.17) is 15.3 Å². The molecule has 0 radical (unpaired) electrons. The summed E-state index contributed by atoms with van der Waals surface area (Å²) < 4.78 is 0. The molecule has 0 bridgehead atoms. The van der Waals surface area contributed by atoms with E-state index in [2.05, 4.69) is 0 Å². The third kappa shape index (κ3) is 2.27. The van der Waals surface area contributed by atoms with Crippen molar-refractivity contribution in [2.75, 3.05) is 6.61 Å². The maximum Gasteiger partial charge on any atom is 0.335 e. The summed E-state index contributed by atoms with van der Waals surface area (Å²) in [5.74, 6) is -1.01. The number of benzene rings is 1. The van der Waals surface area contributed by atoms with E-state index in [0.29, 0.717) is 5.56 Å². The quantitative estimate of drug-likeness (QED) is 0.632. The number of carbonyl (C=O) groups is 1. The lowest BCUT2D eigenvalue weighted by molar-refractivity contribution is 0.0696. The van der Waals surface area contributed by atoms with E-state index < -0.39 is 12.1 Å². The number of aliphatic hydroxyl groups is 2. The number of aliphatic hydroxyl groups excluding tert-OH is 2. The number of hydrogen-bond acceptors (Lipinski definition) is 3. The Kier molecular flexibility index (Phi) is 3.00. The predicted octanol–water partition coefficient (Wildman–Crippen LogP) is 0.410. The Balaban J connectivity index is 2.87. The van der Waals surface area contributed by atoms with Gasteiger partial charge in [-0.25, -0.2) is 4.79 Å². The molecule has 0 heterocycles. The van der Waals surface area contributed by atoms with E-state index in [1.165, 1.54) is 24.3 Å². The predicted molar refractivity (Wildman–Crippen MR) is 45.4 cm³/mol. The smallest absolute Gasteiger partial charge is 0.335 e. The summed E-state index contributed by atoms with van der Waals surface area (Å²) in [5.41, 5.74) is 0.668. The van der Waals surface area contributed by atoms with E-state index in [0.717, 1.165) is 0 Å². The molecule has 4 heteroatoms. The summed E-state index contributed by atoms with van der Waals surface area (Å²) >= 11 is 0. The maximum atomic E-state index is 10.4. The molecule has 70 valence electrons. The summed E-state index contributed by atoms with van der Waals surface area (Å²) in [5, 5.41) is 26.3. The summed E-state index contributed by atoms with van der Waals surface area (Å²) in [7, 11) is 0. The normalized spacial score (nSPS) is 12.5. The van der Waals surface area contributed by atoms with Crippen LogP contribution in [0.5, 0.6) is 0 Å². The van der Waals surface area contributed by atoms with Gasteiger partial charge in [-0.2, -0.15) is 0 Å². The Labute approximate surface area is 75.1 Å². The summed E-state index contributed by atoms with van der Waals surface area (Å²) in [4.78, 5) is 10.4. The molecule has 0 saturated heterocycles. The van der Waals surface area contributed by atoms with Crippen LogP contribution in [0.2, 0.25) is 0 Å². The summed E-state index contributed by atoms with van der Waals surface area (Å²) in [6, 6.07) is 5.72. The van der Waals surface area contributed by atoms with Crippen molar-refractivity contribution in [3.8, 4) is 0 Å². The number of aromatic carboxylic acids is 1. The summed E-state index contributed by atoms with van der Waals surface area (Å²) in [6.07, 6.45) is -0.942. The molecule has 1 aromatic rings. The Hall–Kier alpha value is -1.39. The van der Waals surface area contributed by atoms with E-state index in [9.17, 15) is 4.79 Å². The zero-order valence-corrected chi connectivity index (χ0v) is 6.84. The average Bonchev–Trinajstić information content (AvgIpc) is 2.17. The van der Waals surface area contributed by atoms with Crippen molar-refractivity contribution in [2.45, 2.75) is 6.10 Å². The van der Waals surface area contributed by atoms with Gasteiger partial charge in [-0.15, -0.1) is 0 Å². The first-order chi connectivity index (χ1) is 6.15. The van der Waals surface area contributed by atoms with Crippen molar-refractivity contribution in [3.05, 3.63) is 35.4 Å². The third-order valence-electron chi connectivity index (χ3n) is 1.72. The zero-order valence-electron chi connectivity index (χ0n) is 6.84. The van der Waals surface area contributed by atoms with E-state index >= 15 is 0 Å². The number of carboxylic acid groups (broad SMARTS) is 1. The molecule has 0 fully saturated rings. The van der Waals surface area contributed by atoms with E-state index in [1.54, 1.807) is 0 Å². The molecule has 0 aliphatic heterocycles. The van der Waals surface area contributed by atoms with Crippen molar-refractivity contribution in [2.24, 2.45) is 0 Å². The van der Waals surface area contributed by atoms with Crippen molar-refractivity contribution < 1.29 is 20.1 Å². The molecule has 4 nitrogen and oxygen atoms in total. The Bertz CT molecular complexity index is 291. The van der Waals surface area contributed by atoms with Crippen LogP contribution in [-0.4, -0.2) is 27.9 Å². The zero-order chi connectivity index (χ0) is 9.84. The molecule has 0 aromatic heterocycles. The Morgan fingerprint density at radius 2 is 1.85 bits per heavy atom. The standard InChI is InChI=1S/C9H10O4/c10-5-8(11)6-1-3-7(4-2-6)9(12)13/h1-4,8,10-11H,5H2,(H,12,13). The van der Waals surface area contributed by atoms with Gasteiger partial charge in [0.1, 0.15) is 6.10 Å². The first-order valence-corrected chi connectivity index (χ1v) is 3.77. The number of carboxylic acids is 1. The molecule has 1 atom stereocenters. The monoisotopic (exact) mass is 182 g/mol. The molecule has 0 spiro atoms. The van der Waals surface area contributed by atoms with Crippen molar-refractivity contribution in [1.82, 2.24) is 0 Å². The van der Waals surface area contributed by atoms with Gasteiger partial charge in [0, 0.05) is 0 Å². The number of hydrogen-bond donors (Lipinski definition) is 3. The fourth-order valence-corrected chi connectivity index (χ4v) is 0.953. The lowest BCUT2D eigenvalue weighted by atomic mass is 10.1. The van der Waals surface area contributed by atoms with E-state index in [1.807, 2.05) is 0 Å². The largest absolute Gasteiger partial charge is 0.478 e. The van der Waals surface area contributed by atoms with Crippen molar-refractivity contribution in [3.63, 3.8) is 0 Å². The van der Waals surface area contributed by atoms with Crippen LogP contribution in [0.15, 0.2) is 24.3 Å². The van der Waals surface area contributed by atoms with Crippen molar-refractivity contribution >= 4 is 5.97 Å². The third-order valence-corrected chi connectivity index (χ3v) is 1.72. The molecule has 13 heavy (non-hydrogen) atoms. The summed E-state index contributed by atoms with van der Waals surface area (Å²) in [6.45, 7) is -0.369. The Morgan fingerprint density at radius 3 is 2.23 bits per heavy atom. The van der Waals surface area contributed by atoms with Crippen LogP contribution in [0.4, 0.5) is 0 Å². The van der Waals surface area contributed by atoms with Gasteiger partial charge < -0.3 is 15.3 Å². The molecular formula is C9H10O4. The van der Waals surface area contributed by atoms with Gasteiger partial charge in [0.05, 0.1) is 12.2 Å². The van der Waals surface area contributed by atoms with Crippen LogP contribution in [-0.2, 0) is 0 Å². The first kappa shape index (κ1) is 9.70. The molecule has 1 unspecified atom stereocenters. The Morgan fingerprint density at radius 1 is 1.31 bits per heavy atom. The second kappa shape index (κ2) is 4.02. The average molecular weight is 182 g/mol. The lowest BCUT2D eigenvalue weighted by Gasteiger charge is -2.06. The molecule has 0 amide bonds. The SMILES string of the molecule is O=C(O)c1ccc(C(O)CO)cc1. The molecule has 0 aliphatic rings. The van der Waals surface area contributed by atoms with Crippen LogP contribution in [0.25, 0.3) is 0 Å². The first-order valence-electron chi connectivity index (χ1n) is 3.77. The minimum absolute atomic E-state index is 0.161. The van der Waals surface area contributed by atoms with E-state index in [-0.39, 0.29) is 12.2 Å². The molecule has 1 aromatic carbocycles. The van der Waals surface area contributed by atoms with Gasteiger partial charge in [0.2, 0.25) is 0 Å². The van der Waals surface area contributed by atoms with Gasteiger partial charge in [0.25, 0.3) is 0 Å². The van der Waals surface area contributed by atoms with Gasteiger partial charge in [0.15, 0.2) is 0 Å². The van der Waals surface area contributed by atoms with Crippen LogP contribution in [0.3, 0.4) is 0 Å². The molecular weight excluding hydrogens is 172 g/mol. The van der Waals surface area contributed by atoms with Gasteiger partial charge >= 0.3 is 5.97 Å². The fourth-order valence-electron chi connectivity index (χ4n) is 0.953. The highest BCUT2D eigenvalue weighted by atomic mass is 16.4. The van der Waals surface area contributed by atoms with Crippen LogP contribution in [0, 0.1) is 0 Å². The lowest BCUT2D eigenvalue weighted by Crippen LogP contribution is -2.03. The fraction of sp³-hybridized carbons (Fsp3) is 0.222. The van der Waals surface area contributed by atoms with Crippen LogP contribution in [0.1, 0.15) is 22.0 Å². The highest BCUT2D eigenvalue weighted by molar-refractivity contribution is 5.87. The van der Waals surface area contributed by atoms with Crippen LogP contribution >= 0.6 is 0 Å². The second-order valence-corrected chi connectivity index (χ2v) is 2.63. The van der Waals surface area contributed by atoms with Gasteiger partial charge in [-0.3, -0.25) is 0 Å². The van der Waals surface area contributed by atoms with Gasteiger partial charge in [-0.1, -0.05) is 12.1 Å². The highest BCUT2D eigenvalue weighted by Gasteiger charge is 2.07. The van der Waals surface area contributed by atoms with Crippen LogP contribution < -0.4 is 0 Å². The highest BCUT2D eigenvalue weighted by Crippen LogP contribution is 2.12. The minimum Gasteiger partial charge on any atom is -0.478 e. The van der Waals surface area contributed by atoms with Crippen molar-refractivity contribution in [1.29, 1.82) is 0 Å². The topological polar surface area (TPSA) is 77.8 Å².